The number of rotatable bonds is 7. The summed E-state index contributed by atoms with van der Waals surface area (Å²) in [5, 5.41) is 0. The highest BCUT2D eigenvalue weighted by molar-refractivity contribution is 5.71. The van der Waals surface area contributed by atoms with Crippen molar-refractivity contribution in [2.75, 3.05) is 40.5 Å². The van der Waals surface area contributed by atoms with Crippen LogP contribution in [0.5, 0.6) is 0 Å². The molecule has 0 saturated heterocycles. The van der Waals surface area contributed by atoms with E-state index in [1.54, 1.807) is 7.11 Å². The molecule has 0 aromatic heterocycles. The van der Waals surface area contributed by atoms with E-state index in [1.807, 2.05) is 18.9 Å². The number of hydrogen-bond acceptors (Lipinski definition) is 4. The first kappa shape index (κ1) is 12.4. The molecule has 0 saturated carbocycles. The maximum absolute atomic E-state index is 11.0. The Kier molecular flexibility index (Phi) is 7.63. The zero-order chi connectivity index (χ0) is 10.1. The van der Waals surface area contributed by atoms with E-state index in [9.17, 15) is 4.79 Å². The monoisotopic (exact) mass is 189 g/mol. The van der Waals surface area contributed by atoms with Gasteiger partial charge in [-0.05, 0) is 20.4 Å². The van der Waals surface area contributed by atoms with Crippen LogP contribution in [0.15, 0.2) is 0 Å². The van der Waals surface area contributed by atoms with Crippen LogP contribution in [0.2, 0.25) is 0 Å². The van der Waals surface area contributed by atoms with E-state index < -0.39 is 0 Å². The van der Waals surface area contributed by atoms with Gasteiger partial charge < -0.3 is 9.47 Å². The van der Waals surface area contributed by atoms with Gasteiger partial charge in [-0.2, -0.15) is 0 Å². The summed E-state index contributed by atoms with van der Waals surface area (Å²) >= 11 is 0. The van der Waals surface area contributed by atoms with Crippen molar-refractivity contribution in [2.24, 2.45) is 0 Å². The number of ether oxygens (including phenoxy) is 2. The molecule has 0 aliphatic carbocycles. The molecule has 4 heteroatoms. The van der Waals surface area contributed by atoms with Crippen molar-refractivity contribution >= 4 is 5.97 Å². The maximum atomic E-state index is 11.0. The molecule has 0 aliphatic heterocycles. The summed E-state index contributed by atoms with van der Waals surface area (Å²) in [5.74, 6) is -0.164. The summed E-state index contributed by atoms with van der Waals surface area (Å²) in [4.78, 5) is 12.9. The van der Waals surface area contributed by atoms with Gasteiger partial charge in [0, 0.05) is 20.3 Å². The summed E-state index contributed by atoms with van der Waals surface area (Å²) in [6.07, 6.45) is 0.937. The second-order valence-electron chi connectivity index (χ2n) is 2.89. The van der Waals surface area contributed by atoms with Crippen molar-refractivity contribution in [3.63, 3.8) is 0 Å². The molecule has 0 bridgehead atoms. The average Bonchev–Trinajstić information content (AvgIpc) is 2.05. The topological polar surface area (TPSA) is 38.8 Å². The highest BCUT2D eigenvalue weighted by Gasteiger charge is 2.05. The van der Waals surface area contributed by atoms with Crippen LogP contribution in [0.1, 0.15) is 13.3 Å². The Morgan fingerprint density at radius 3 is 2.69 bits per heavy atom. The molecular formula is C9H19NO3. The largest absolute Gasteiger partial charge is 0.465 e. The molecule has 0 heterocycles. The Bertz CT molecular complexity index is 139. The van der Waals surface area contributed by atoms with Crippen LogP contribution in [0, 0.1) is 0 Å². The van der Waals surface area contributed by atoms with Crippen LogP contribution in [0.25, 0.3) is 0 Å². The van der Waals surface area contributed by atoms with Crippen molar-refractivity contribution in [1.82, 2.24) is 4.90 Å². The number of nitrogens with zero attached hydrogens (tertiary/aromatic N) is 1. The third-order valence-corrected chi connectivity index (χ3v) is 1.59. The fraction of sp³-hybridized carbons (Fsp3) is 0.889. The molecule has 0 unspecified atom stereocenters. The minimum absolute atomic E-state index is 0.164. The second kappa shape index (κ2) is 8.01. The van der Waals surface area contributed by atoms with Gasteiger partial charge >= 0.3 is 5.97 Å². The first-order valence-electron chi connectivity index (χ1n) is 4.53. The highest BCUT2D eigenvalue weighted by Crippen LogP contribution is 1.89. The highest BCUT2D eigenvalue weighted by atomic mass is 16.5. The molecule has 0 aromatic rings. The fourth-order valence-electron chi connectivity index (χ4n) is 0.985. The van der Waals surface area contributed by atoms with Crippen LogP contribution in [-0.4, -0.2) is 51.3 Å². The van der Waals surface area contributed by atoms with E-state index in [1.165, 1.54) is 0 Å². The quantitative estimate of drug-likeness (QED) is 0.432. The third kappa shape index (κ3) is 7.74. The summed E-state index contributed by atoms with van der Waals surface area (Å²) in [6, 6.07) is 0. The van der Waals surface area contributed by atoms with Crippen LogP contribution in [0.3, 0.4) is 0 Å². The molecule has 13 heavy (non-hydrogen) atoms. The molecule has 4 nitrogen and oxygen atoms in total. The molecule has 0 spiro atoms. The van der Waals surface area contributed by atoms with Crippen LogP contribution < -0.4 is 0 Å². The lowest BCUT2D eigenvalue weighted by Crippen LogP contribution is -2.28. The first-order chi connectivity index (χ1) is 6.20. The van der Waals surface area contributed by atoms with Gasteiger partial charge in [-0.3, -0.25) is 9.69 Å². The Labute approximate surface area is 79.8 Å². The van der Waals surface area contributed by atoms with Crippen LogP contribution in [-0.2, 0) is 14.3 Å². The van der Waals surface area contributed by atoms with E-state index in [2.05, 4.69) is 0 Å². The predicted octanol–water partition coefficient (Wildman–Crippen LogP) is 0.518. The van der Waals surface area contributed by atoms with Crippen LogP contribution in [0.4, 0.5) is 0 Å². The van der Waals surface area contributed by atoms with Crippen molar-refractivity contribution in [3.8, 4) is 0 Å². The summed E-state index contributed by atoms with van der Waals surface area (Å²) in [5.41, 5.74) is 0. The fourth-order valence-corrected chi connectivity index (χ4v) is 0.985. The van der Waals surface area contributed by atoms with Crippen molar-refractivity contribution < 1.29 is 14.3 Å². The SMILES string of the molecule is CCOC(=O)CN(C)CCCOC. The average molecular weight is 189 g/mol. The van der Waals surface area contributed by atoms with Gasteiger partial charge in [0.1, 0.15) is 0 Å². The van der Waals surface area contributed by atoms with Gasteiger partial charge in [0.2, 0.25) is 0 Å². The normalized spacial score (nSPS) is 10.5. The lowest BCUT2D eigenvalue weighted by molar-refractivity contribution is -0.144. The Balaban J connectivity index is 3.38. The van der Waals surface area contributed by atoms with E-state index in [4.69, 9.17) is 9.47 Å². The molecule has 0 atom stereocenters. The Morgan fingerprint density at radius 2 is 2.15 bits per heavy atom. The van der Waals surface area contributed by atoms with E-state index in [0.717, 1.165) is 19.6 Å². The van der Waals surface area contributed by atoms with Gasteiger partial charge in [-0.1, -0.05) is 0 Å². The van der Waals surface area contributed by atoms with Gasteiger partial charge in [0.25, 0.3) is 0 Å². The number of likely N-dealkylation sites (N-methyl/N-ethyl adjacent to an activating group) is 1. The molecule has 0 aromatic carbocycles. The molecule has 78 valence electrons. The molecule has 0 amide bonds. The minimum atomic E-state index is -0.164. The maximum Gasteiger partial charge on any atom is 0.320 e. The second-order valence-corrected chi connectivity index (χ2v) is 2.89. The zero-order valence-electron chi connectivity index (χ0n) is 8.71. The van der Waals surface area contributed by atoms with Gasteiger partial charge in [0.15, 0.2) is 0 Å². The lowest BCUT2D eigenvalue weighted by Gasteiger charge is -2.14. The molecular weight excluding hydrogens is 170 g/mol. The molecule has 0 radical (unpaired) electrons. The standard InChI is InChI=1S/C9H19NO3/c1-4-13-9(11)8-10(2)6-5-7-12-3/h4-8H2,1-3H3. The Morgan fingerprint density at radius 1 is 1.46 bits per heavy atom. The van der Waals surface area contributed by atoms with Crippen molar-refractivity contribution in [2.45, 2.75) is 13.3 Å². The minimum Gasteiger partial charge on any atom is -0.465 e. The molecule has 0 rings (SSSR count). The summed E-state index contributed by atoms with van der Waals surface area (Å²) in [6.45, 7) is 4.20. The smallest absolute Gasteiger partial charge is 0.320 e. The first-order valence-corrected chi connectivity index (χ1v) is 4.53. The summed E-state index contributed by atoms with van der Waals surface area (Å²) in [7, 11) is 3.57. The van der Waals surface area contributed by atoms with Gasteiger partial charge in [-0.15, -0.1) is 0 Å². The number of hydrogen-bond donors (Lipinski definition) is 0. The van der Waals surface area contributed by atoms with Gasteiger partial charge in [-0.25, -0.2) is 0 Å². The molecule has 0 aliphatic rings. The number of methoxy groups -OCH3 is 1. The third-order valence-electron chi connectivity index (χ3n) is 1.59. The molecule has 0 N–H and O–H groups in total. The number of esters is 1. The van der Waals surface area contributed by atoms with Crippen molar-refractivity contribution in [1.29, 1.82) is 0 Å². The number of carbonyl (C=O) groups is 1. The number of carbonyl (C=O) groups excluding carboxylic acids is 1. The lowest BCUT2D eigenvalue weighted by atomic mass is 10.4. The molecule has 0 fully saturated rings. The van der Waals surface area contributed by atoms with E-state index in [-0.39, 0.29) is 5.97 Å². The van der Waals surface area contributed by atoms with Gasteiger partial charge in [0.05, 0.1) is 13.2 Å². The van der Waals surface area contributed by atoms with Crippen molar-refractivity contribution in [3.05, 3.63) is 0 Å². The zero-order valence-corrected chi connectivity index (χ0v) is 8.71. The summed E-state index contributed by atoms with van der Waals surface area (Å²) < 4.78 is 9.71. The van der Waals surface area contributed by atoms with Crippen LogP contribution >= 0.6 is 0 Å². The Hall–Kier alpha value is -0.610. The van der Waals surface area contributed by atoms with E-state index in [0.29, 0.717) is 13.2 Å². The van der Waals surface area contributed by atoms with E-state index >= 15 is 0 Å². The predicted molar refractivity (Wildman–Crippen MR) is 50.6 cm³/mol.